The molecule has 0 aliphatic carbocycles. The normalized spacial score (nSPS) is 13.4. The van der Waals surface area contributed by atoms with E-state index in [1.54, 1.807) is 0 Å². The molecular formula is C75H116O6. The molecule has 1 unspecified atom stereocenters. The second kappa shape index (κ2) is 67.0. The fourth-order valence-electron chi connectivity index (χ4n) is 8.10. The molecule has 0 fully saturated rings. The van der Waals surface area contributed by atoms with Crippen molar-refractivity contribution < 1.29 is 28.6 Å². The molecule has 0 aromatic carbocycles. The number of rotatable bonds is 56. The summed E-state index contributed by atoms with van der Waals surface area (Å²) >= 11 is 0. The van der Waals surface area contributed by atoms with Gasteiger partial charge in [0.1, 0.15) is 13.2 Å². The molecule has 0 aromatic heterocycles. The summed E-state index contributed by atoms with van der Waals surface area (Å²) in [5.74, 6) is -0.999. The molecule has 1 atom stereocenters. The van der Waals surface area contributed by atoms with Crippen LogP contribution in [0, 0.1) is 0 Å². The number of carbonyl (C=O) groups excluding carboxylic acids is 3. The highest BCUT2D eigenvalue weighted by Gasteiger charge is 2.19. The predicted octanol–water partition coefficient (Wildman–Crippen LogP) is 22.4. The molecule has 0 heterocycles. The molecule has 0 saturated heterocycles. The molecule has 0 saturated carbocycles. The number of ether oxygens (including phenoxy) is 3. The highest BCUT2D eigenvalue weighted by molar-refractivity contribution is 5.71. The van der Waals surface area contributed by atoms with Gasteiger partial charge in [0, 0.05) is 19.3 Å². The van der Waals surface area contributed by atoms with E-state index in [2.05, 4.69) is 203 Å². The molecule has 6 heteroatoms. The molecular weight excluding hydrogens is 997 g/mol. The first kappa shape index (κ1) is 75.5. The monoisotopic (exact) mass is 1110 g/mol. The topological polar surface area (TPSA) is 78.9 Å². The molecule has 0 rings (SSSR count). The van der Waals surface area contributed by atoms with Gasteiger partial charge in [-0.15, -0.1) is 0 Å². The first-order chi connectivity index (χ1) is 40.0. The van der Waals surface area contributed by atoms with Gasteiger partial charge in [-0.25, -0.2) is 0 Å². The maximum absolute atomic E-state index is 12.9. The largest absolute Gasteiger partial charge is 0.462 e. The van der Waals surface area contributed by atoms with Gasteiger partial charge in [0.05, 0.1) is 0 Å². The summed E-state index contributed by atoms with van der Waals surface area (Å²) in [5, 5.41) is 0. The average molecular weight is 1110 g/mol. The molecule has 0 aliphatic rings. The van der Waals surface area contributed by atoms with Crippen molar-refractivity contribution in [3.8, 4) is 0 Å². The van der Waals surface area contributed by atoms with Gasteiger partial charge in [0.2, 0.25) is 0 Å². The van der Waals surface area contributed by atoms with Crippen LogP contribution in [0.15, 0.2) is 182 Å². The molecule has 0 spiro atoms. The Morgan fingerprint density at radius 3 is 0.765 bits per heavy atom. The minimum absolute atomic E-state index is 0.118. The smallest absolute Gasteiger partial charge is 0.306 e. The van der Waals surface area contributed by atoms with E-state index in [9.17, 15) is 14.4 Å². The van der Waals surface area contributed by atoms with E-state index in [0.717, 1.165) is 173 Å². The van der Waals surface area contributed by atoms with Crippen molar-refractivity contribution in [1.29, 1.82) is 0 Å². The zero-order chi connectivity index (χ0) is 58.5. The van der Waals surface area contributed by atoms with E-state index >= 15 is 0 Å². The predicted molar refractivity (Wildman–Crippen MR) is 352 cm³/mol. The van der Waals surface area contributed by atoms with Crippen molar-refractivity contribution in [2.45, 2.75) is 258 Å². The number of unbranched alkanes of at least 4 members (excludes halogenated alkanes) is 15. The van der Waals surface area contributed by atoms with Crippen LogP contribution in [-0.2, 0) is 28.6 Å². The van der Waals surface area contributed by atoms with Crippen LogP contribution in [0.25, 0.3) is 0 Å². The maximum atomic E-state index is 12.9. The van der Waals surface area contributed by atoms with Crippen LogP contribution in [0.1, 0.15) is 252 Å². The first-order valence-corrected chi connectivity index (χ1v) is 32.3. The van der Waals surface area contributed by atoms with Gasteiger partial charge in [-0.1, -0.05) is 254 Å². The number of hydrogen-bond acceptors (Lipinski definition) is 6. The van der Waals surface area contributed by atoms with Crippen LogP contribution in [-0.4, -0.2) is 37.2 Å². The summed E-state index contributed by atoms with van der Waals surface area (Å²) in [4.78, 5) is 38.3. The SMILES string of the molecule is CC/C=C\C/C=C\C/C=C\C/C=C\C/C=C\C/C=C\C/C=C\C/C=C\C/C=C\CCCCCC(=O)OCC(COC(=O)CCCCC/C=C\C/C=C\C/C=C\CC)OC(=O)CCCCCCCC/C=C\C/C=C\C/C=C\CCCCC. The second-order valence-corrected chi connectivity index (χ2v) is 20.5. The molecule has 0 N–H and O–H groups in total. The van der Waals surface area contributed by atoms with Gasteiger partial charge >= 0.3 is 17.9 Å². The lowest BCUT2D eigenvalue weighted by Crippen LogP contribution is -2.30. The lowest BCUT2D eigenvalue weighted by molar-refractivity contribution is -0.167. The zero-order valence-corrected chi connectivity index (χ0v) is 51.7. The Kier molecular flexibility index (Phi) is 62.5. The summed E-state index contributed by atoms with van der Waals surface area (Å²) in [7, 11) is 0. The highest BCUT2D eigenvalue weighted by atomic mass is 16.6. The molecule has 6 nitrogen and oxygen atoms in total. The van der Waals surface area contributed by atoms with Gasteiger partial charge in [0.25, 0.3) is 0 Å². The van der Waals surface area contributed by atoms with Crippen molar-refractivity contribution in [3.63, 3.8) is 0 Å². The molecule has 0 bridgehead atoms. The van der Waals surface area contributed by atoms with Gasteiger partial charge in [-0.3, -0.25) is 14.4 Å². The van der Waals surface area contributed by atoms with Gasteiger partial charge in [-0.05, 0) is 161 Å². The molecule has 0 radical (unpaired) electrons. The minimum Gasteiger partial charge on any atom is -0.462 e. The zero-order valence-electron chi connectivity index (χ0n) is 51.7. The Labute approximate surface area is 497 Å². The maximum Gasteiger partial charge on any atom is 0.306 e. The van der Waals surface area contributed by atoms with Gasteiger partial charge in [0.15, 0.2) is 6.10 Å². The third-order valence-electron chi connectivity index (χ3n) is 12.9. The van der Waals surface area contributed by atoms with E-state index in [1.807, 2.05) is 0 Å². The highest BCUT2D eigenvalue weighted by Crippen LogP contribution is 2.13. The van der Waals surface area contributed by atoms with Gasteiger partial charge < -0.3 is 14.2 Å². The van der Waals surface area contributed by atoms with Crippen LogP contribution in [0.4, 0.5) is 0 Å². The molecule has 0 aliphatic heterocycles. The van der Waals surface area contributed by atoms with Crippen molar-refractivity contribution >= 4 is 17.9 Å². The van der Waals surface area contributed by atoms with E-state index in [-0.39, 0.29) is 31.1 Å². The third-order valence-corrected chi connectivity index (χ3v) is 12.9. The summed E-state index contributed by atoms with van der Waals surface area (Å²) in [6, 6.07) is 0. The van der Waals surface area contributed by atoms with Crippen LogP contribution in [0.2, 0.25) is 0 Å². The van der Waals surface area contributed by atoms with E-state index in [1.165, 1.54) is 38.5 Å². The van der Waals surface area contributed by atoms with Gasteiger partial charge in [-0.2, -0.15) is 0 Å². The molecule has 0 aromatic rings. The van der Waals surface area contributed by atoms with E-state index < -0.39 is 6.10 Å². The Morgan fingerprint density at radius 1 is 0.259 bits per heavy atom. The van der Waals surface area contributed by atoms with Crippen LogP contribution in [0.5, 0.6) is 0 Å². The molecule has 81 heavy (non-hydrogen) atoms. The molecule has 0 amide bonds. The van der Waals surface area contributed by atoms with Crippen molar-refractivity contribution in [2.24, 2.45) is 0 Å². The van der Waals surface area contributed by atoms with E-state index in [0.29, 0.717) is 19.3 Å². The van der Waals surface area contributed by atoms with Crippen LogP contribution in [0.3, 0.4) is 0 Å². The lowest BCUT2D eigenvalue weighted by Gasteiger charge is -2.18. The van der Waals surface area contributed by atoms with Crippen molar-refractivity contribution in [1.82, 2.24) is 0 Å². The minimum atomic E-state index is -0.823. The average Bonchev–Trinajstić information content (AvgIpc) is 3.46. The summed E-state index contributed by atoms with van der Waals surface area (Å²) in [5.41, 5.74) is 0. The van der Waals surface area contributed by atoms with Crippen molar-refractivity contribution in [2.75, 3.05) is 13.2 Å². The number of hydrogen-bond donors (Lipinski definition) is 0. The number of esters is 3. The van der Waals surface area contributed by atoms with Crippen LogP contribution < -0.4 is 0 Å². The standard InChI is InChI=1S/C75H116O6/c1-4-7-10-13-16-19-22-25-27-29-31-32-33-34-35-36-37-38-39-40-41-42-44-45-47-50-53-56-59-62-65-68-74(77)80-71-72(70-79-73(76)67-64-61-58-55-52-49-24-21-18-15-12-9-6-3)81-75(78)69-66-63-60-57-54-51-48-46-43-30-28-26-23-20-17-14-11-8-5-2/h7,9-10,12,16-21,25-28,31-32,34-35,37-38,40-41,43-46,49-50,52-53,72H,4-6,8,11,13-15,22-24,29-30,33,36,39,42,47-48,51,54-71H2,1-3H3/b10-7-,12-9-,19-16-,20-17-,21-18-,27-25-,28-26-,32-31-,35-34-,38-37-,41-40-,45-44-,46-43-,52-49-,53-50-. The Bertz CT molecular complexity index is 1900. The fourth-order valence-corrected chi connectivity index (χ4v) is 8.10. The molecule has 452 valence electrons. The Hall–Kier alpha value is -5.49. The van der Waals surface area contributed by atoms with E-state index in [4.69, 9.17) is 14.2 Å². The third kappa shape index (κ3) is 65.2. The number of carbonyl (C=O) groups is 3. The Balaban J connectivity index is 4.46. The fraction of sp³-hybridized carbons (Fsp3) is 0.560. The quantitative estimate of drug-likeness (QED) is 0.0261. The first-order valence-electron chi connectivity index (χ1n) is 32.3. The number of allylic oxidation sites excluding steroid dienone is 30. The summed E-state index contributed by atoms with van der Waals surface area (Å²) in [6.45, 7) is 6.31. The summed E-state index contributed by atoms with van der Waals surface area (Å²) in [6.07, 6.45) is 100. The second-order valence-electron chi connectivity index (χ2n) is 20.5. The van der Waals surface area contributed by atoms with Crippen molar-refractivity contribution in [3.05, 3.63) is 182 Å². The summed E-state index contributed by atoms with van der Waals surface area (Å²) < 4.78 is 16.8. The Morgan fingerprint density at radius 2 is 0.481 bits per heavy atom. The lowest BCUT2D eigenvalue weighted by atomic mass is 10.1. The van der Waals surface area contributed by atoms with Crippen LogP contribution >= 0.6 is 0 Å².